The Kier molecular flexibility index (Phi) is 6.22. The highest BCUT2D eigenvalue weighted by Crippen LogP contribution is 2.46. The topological polar surface area (TPSA) is 109 Å². The van der Waals surface area contributed by atoms with Crippen molar-refractivity contribution in [3.8, 4) is 17.2 Å². The van der Waals surface area contributed by atoms with Crippen molar-refractivity contribution in [3.05, 3.63) is 33.6 Å². The van der Waals surface area contributed by atoms with E-state index in [2.05, 4.69) is 27.1 Å². The number of benzene rings is 1. The predicted octanol–water partition coefficient (Wildman–Crippen LogP) is 1.41. The van der Waals surface area contributed by atoms with Crippen molar-refractivity contribution >= 4 is 17.7 Å². The lowest BCUT2D eigenvalue weighted by atomic mass is 9.86. The van der Waals surface area contributed by atoms with Gasteiger partial charge in [0.25, 0.3) is 5.56 Å². The smallest absolute Gasteiger partial charge is 0.258 e. The molecule has 1 amide bonds. The van der Waals surface area contributed by atoms with Gasteiger partial charge in [-0.3, -0.25) is 14.6 Å². The van der Waals surface area contributed by atoms with Gasteiger partial charge in [-0.2, -0.15) is 4.98 Å². The first-order valence-electron chi connectivity index (χ1n) is 10.7. The minimum atomic E-state index is -0.532. The molecule has 0 radical (unpaired) electrons. The van der Waals surface area contributed by atoms with Crippen LogP contribution in [0.4, 0.5) is 11.8 Å². The lowest BCUT2D eigenvalue weighted by Gasteiger charge is -2.35. The standard InChI is InChI=1S/C22H29N5O5/c1-5-26-8-10-27(11-9-26)22-24-20-17(21(29)25-22)14(12-16(28)23-20)13-6-7-15(30-2)19(32-4)18(13)31-3/h6-7,14H,5,8-12H2,1-4H3,(H2,23,24,25,28,29)/t14-/m1/s1. The monoisotopic (exact) mass is 443 g/mol. The molecule has 0 saturated carbocycles. The van der Waals surface area contributed by atoms with Crippen molar-refractivity contribution in [3.63, 3.8) is 0 Å². The lowest BCUT2D eigenvalue weighted by Crippen LogP contribution is -2.47. The second kappa shape index (κ2) is 9.07. The second-order valence-electron chi connectivity index (χ2n) is 7.80. The number of nitrogens with zero attached hydrogens (tertiary/aromatic N) is 3. The average Bonchev–Trinajstić information content (AvgIpc) is 2.82. The number of nitrogens with one attached hydrogen (secondary N) is 2. The lowest BCUT2D eigenvalue weighted by molar-refractivity contribution is -0.116. The molecule has 4 rings (SSSR count). The van der Waals surface area contributed by atoms with Gasteiger partial charge in [-0.05, 0) is 12.6 Å². The van der Waals surface area contributed by atoms with Crippen LogP contribution in [-0.2, 0) is 4.79 Å². The normalized spacial score (nSPS) is 18.7. The molecule has 1 aromatic heterocycles. The molecule has 2 aliphatic rings. The van der Waals surface area contributed by atoms with Gasteiger partial charge in [-0.15, -0.1) is 0 Å². The summed E-state index contributed by atoms with van der Waals surface area (Å²) < 4.78 is 16.5. The van der Waals surface area contributed by atoms with Gasteiger partial charge in [0.15, 0.2) is 11.5 Å². The summed E-state index contributed by atoms with van der Waals surface area (Å²) in [6, 6.07) is 3.54. The summed E-state index contributed by atoms with van der Waals surface area (Å²) in [5, 5.41) is 2.78. The van der Waals surface area contributed by atoms with Gasteiger partial charge in [0.1, 0.15) is 5.82 Å². The van der Waals surface area contributed by atoms with Crippen LogP contribution in [0, 0.1) is 0 Å². The van der Waals surface area contributed by atoms with E-state index in [1.807, 2.05) is 4.90 Å². The summed E-state index contributed by atoms with van der Waals surface area (Å²) >= 11 is 0. The molecule has 0 aliphatic carbocycles. The molecule has 10 heteroatoms. The Morgan fingerprint density at radius 1 is 1.03 bits per heavy atom. The van der Waals surface area contributed by atoms with Gasteiger partial charge in [-0.1, -0.05) is 13.0 Å². The van der Waals surface area contributed by atoms with E-state index >= 15 is 0 Å². The maximum absolute atomic E-state index is 13.2. The van der Waals surface area contributed by atoms with Gasteiger partial charge in [0.2, 0.25) is 17.6 Å². The maximum Gasteiger partial charge on any atom is 0.258 e. The number of amides is 1. The molecule has 3 heterocycles. The van der Waals surface area contributed by atoms with Crippen LogP contribution in [0.2, 0.25) is 0 Å². The minimum Gasteiger partial charge on any atom is -0.493 e. The number of aromatic amines is 1. The van der Waals surface area contributed by atoms with Crippen molar-refractivity contribution in [2.24, 2.45) is 0 Å². The summed E-state index contributed by atoms with van der Waals surface area (Å²) in [5.74, 6) is 1.37. The minimum absolute atomic E-state index is 0.0954. The van der Waals surface area contributed by atoms with Crippen molar-refractivity contribution in [1.29, 1.82) is 0 Å². The Morgan fingerprint density at radius 3 is 2.38 bits per heavy atom. The van der Waals surface area contributed by atoms with Crippen LogP contribution in [0.5, 0.6) is 17.2 Å². The van der Waals surface area contributed by atoms with Crippen molar-refractivity contribution in [2.75, 3.05) is 64.3 Å². The first-order chi connectivity index (χ1) is 15.5. The van der Waals surface area contributed by atoms with E-state index in [-0.39, 0.29) is 17.9 Å². The molecule has 32 heavy (non-hydrogen) atoms. The van der Waals surface area contributed by atoms with E-state index in [0.717, 1.165) is 32.7 Å². The zero-order valence-electron chi connectivity index (χ0n) is 18.9. The van der Waals surface area contributed by atoms with Gasteiger partial charge in [0.05, 0.1) is 26.9 Å². The number of hydrogen-bond acceptors (Lipinski definition) is 8. The van der Waals surface area contributed by atoms with Gasteiger partial charge in [-0.25, -0.2) is 0 Å². The van der Waals surface area contributed by atoms with E-state index in [1.165, 1.54) is 21.3 Å². The fraction of sp³-hybridized carbons (Fsp3) is 0.500. The molecule has 172 valence electrons. The number of H-pyrrole nitrogens is 1. The van der Waals surface area contributed by atoms with Crippen molar-refractivity contribution < 1.29 is 19.0 Å². The van der Waals surface area contributed by atoms with Gasteiger partial charge in [0, 0.05) is 44.1 Å². The van der Waals surface area contributed by atoms with Crippen molar-refractivity contribution in [2.45, 2.75) is 19.3 Å². The third-order valence-electron chi connectivity index (χ3n) is 6.17. The number of aromatic nitrogens is 2. The van der Waals surface area contributed by atoms with Crippen LogP contribution in [0.1, 0.15) is 30.4 Å². The van der Waals surface area contributed by atoms with Gasteiger partial charge < -0.3 is 29.3 Å². The number of ether oxygens (including phenoxy) is 3. The average molecular weight is 444 g/mol. The molecule has 1 aromatic carbocycles. The number of likely N-dealkylation sites (N-methyl/N-ethyl adjacent to an activating group) is 1. The maximum atomic E-state index is 13.2. The quantitative estimate of drug-likeness (QED) is 0.690. The molecule has 0 unspecified atom stereocenters. The third kappa shape index (κ3) is 3.86. The first kappa shape index (κ1) is 21.9. The second-order valence-corrected chi connectivity index (χ2v) is 7.80. The molecule has 2 aromatic rings. The zero-order chi connectivity index (χ0) is 22.8. The number of anilines is 2. The number of rotatable bonds is 6. The molecule has 10 nitrogen and oxygen atoms in total. The molecule has 0 bridgehead atoms. The Labute approximate surface area is 186 Å². The van der Waals surface area contributed by atoms with Crippen molar-refractivity contribution in [1.82, 2.24) is 14.9 Å². The summed E-state index contributed by atoms with van der Waals surface area (Å²) in [6.07, 6.45) is 0.0954. The van der Waals surface area contributed by atoms with E-state index in [0.29, 0.717) is 40.1 Å². The first-order valence-corrected chi connectivity index (χ1v) is 10.7. The number of carbonyl (C=O) groups excluding carboxylic acids is 1. The third-order valence-corrected chi connectivity index (χ3v) is 6.17. The molecule has 1 atom stereocenters. The molecular weight excluding hydrogens is 414 g/mol. The van der Waals surface area contributed by atoms with E-state index in [4.69, 9.17) is 14.2 Å². The molecule has 1 fully saturated rings. The summed E-state index contributed by atoms with van der Waals surface area (Å²) in [7, 11) is 4.58. The molecule has 2 aliphatic heterocycles. The number of hydrogen-bond donors (Lipinski definition) is 2. The SMILES string of the molecule is CCN1CCN(c2nc3c(c(=O)[nH]2)[C@@H](c2ccc(OC)c(OC)c2OC)CC(=O)N3)CC1. The van der Waals surface area contributed by atoms with Crippen LogP contribution in [-0.4, -0.2) is 74.8 Å². The summed E-state index contributed by atoms with van der Waals surface area (Å²) in [4.78, 5) is 37.8. The number of fused-ring (bicyclic) bond motifs is 1. The van der Waals surface area contributed by atoms with E-state index in [1.54, 1.807) is 12.1 Å². The predicted molar refractivity (Wildman–Crippen MR) is 120 cm³/mol. The van der Waals surface area contributed by atoms with E-state index < -0.39 is 5.92 Å². The van der Waals surface area contributed by atoms with Crippen LogP contribution in [0.3, 0.4) is 0 Å². The highest BCUT2D eigenvalue weighted by Gasteiger charge is 2.35. The molecule has 0 spiro atoms. The molecule has 2 N–H and O–H groups in total. The fourth-order valence-corrected chi connectivity index (χ4v) is 4.45. The number of methoxy groups -OCH3 is 3. The van der Waals surface area contributed by atoms with Crippen LogP contribution < -0.4 is 30.0 Å². The highest BCUT2D eigenvalue weighted by molar-refractivity contribution is 5.94. The van der Waals surface area contributed by atoms with Crippen LogP contribution in [0.15, 0.2) is 16.9 Å². The Morgan fingerprint density at radius 2 is 1.75 bits per heavy atom. The van der Waals surface area contributed by atoms with Crippen LogP contribution >= 0.6 is 0 Å². The Hall–Kier alpha value is -3.27. The van der Waals surface area contributed by atoms with Crippen LogP contribution in [0.25, 0.3) is 0 Å². The Bertz CT molecular complexity index is 1060. The highest BCUT2D eigenvalue weighted by atomic mass is 16.5. The zero-order valence-corrected chi connectivity index (χ0v) is 18.9. The molecular formula is C22H29N5O5. The van der Waals surface area contributed by atoms with E-state index in [9.17, 15) is 9.59 Å². The number of carbonyl (C=O) groups is 1. The van der Waals surface area contributed by atoms with Gasteiger partial charge >= 0.3 is 0 Å². The molecule has 1 saturated heterocycles. The Balaban J connectivity index is 1.76. The number of piperazine rings is 1. The summed E-state index contributed by atoms with van der Waals surface area (Å²) in [5.41, 5.74) is 0.800. The largest absolute Gasteiger partial charge is 0.493 e. The summed E-state index contributed by atoms with van der Waals surface area (Å²) in [6.45, 7) is 6.44. The fourth-order valence-electron chi connectivity index (χ4n) is 4.45.